The topological polar surface area (TPSA) is 58.4 Å². The van der Waals surface area contributed by atoms with Crippen LogP contribution in [0.4, 0.5) is 18.9 Å². The number of amides is 1. The van der Waals surface area contributed by atoms with E-state index in [2.05, 4.69) is 11.9 Å². The van der Waals surface area contributed by atoms with E-state index in [1.807, 2.05) is 0 Å². The van der Waals surface area contributed by atoms with Gasteiger partial charge in [-0.25, -0.2) is 0 Å². The number of hydrogen-bond acceptors (Lipinski definition) is 3. The van der Waals surface area contributed by atoms with E-state index in [0.29, 0.717) is 23.6 Å². The van der Waals surface area contributed by atoms with Crippen molar-refractivity contribution >= 4 is 23.2 Å². The number of nitrogens with zero attached hydrogens (tertiary/aromatic N) is 1. The number of carbonyl (C=O) groups excluding carboxylic acids is 1. The molecular formula is C16H17ClF3N3O. The predicted octanol–water partition coefficient (Wildman–Crippen LogP) is 2.68. The maximum Gasteiger partial charge on any atom is 0.471 e. The summed E-state index contributed by atoms with van der Waals surface area (Å²) in [5.74, 6) is -1.85. The molecule has 1 aromatic carbocycles. The van der Waals surface area contributed by atoms with Gasteiger partial charge in [-0.05, 0) is 42.3 Å². The Balaban J connectivity index is 2.01. The van der Waals surface area contributed by atoms with Crippen LogP contribution in [0.2, 0.25) is 5.02 Å². The zero-order valence-corrected chi connectivity index (χ0v) is 13.5. The van der Waals surface area contributed by atoms with E-state index < -0.39 is 23.5 Å². The van der Waals surface area contributed by atoms with Crippen molar-refractivity contribution in [3.8, 4) is 0 Å². The first-order valence-corrected chi connectivity index (χ1v) is 7.89. The fraction of sp³-hybridized carbons (Fsp3) is 0.438. The molecule has 2 aliphatic rings. The van der Waals surface area contributed by atoms with Gasteiger partial charge < -0.3 is 16.0 Å². The van der Waals surface area contributed by atoms with E-state index in [1.54, 1.807) is 18.2 Å². The molecule has 2 aliphatic heterocycles. The molecule has 3 N–H and O–H groups in total. The Bertz CT molecular complexity index is 706. The predicted molar refractivity (Wildman–Crippen MR) is 86.0 cm³/mol. The van der Waals surface area contributed by atoms with Gasteiger partial charge in [0.1, 0.15) is 0 Å². The number of benzene rings is 1. The van der Waals surface area contributed by atoms with Crippen LogP contribution < -0.4 is 11.1 Å². The minimum absolute atomic E-state index is 0.0658. The standard InChI is InChI=1S/C16H17ClF3N3O/c1-9-7-23(14(24)16(18,19)20)8-13-15(9,4-5-21)11-6-10(17)2-3-12(11)22-13/h2-3,6,13,22H,1,4-5,7-8,21H2/t13-,15-/m0/s1. The Kier molecular flexibility index (Phi) is 4.04. The molecule has 0 radical (unpaired) electrons. The minimum atomic E-state index is -4.90. The van der Waals surface area contributed by atoms with Gasteiger partial charge in [0.15, 0.2) is 0 Å². The maximum absolute atomic E-state index is 12.8. The molecule has 0 saturated carbocycles. The van der Waals surface area contributed by atoms with Gasteiger partial charge in [-0.15, -0.1) is 0 Å². The summed E-state index contributed by atoms with van der Waals surface area (Å²) in [6.45, 7) is 4.12. The molecule has 24 heavy (non-hydrogen) atoms. The number of alkyl halides is 3. The largest absolute Gasteiger partial charge is 0.471 e. The Hall–Kier alpha value is -1.73. The number of rotatable bonds is 2. The fourth-order valence-electron chi connectivity index (χ4n) is 3.85. The van der Waals surface area contributed by atoms with Crippen LogP contribution in [-0.4, -0.2) is 42.7 Å². The average molecular weight is 360 g/mol. The summed E-state index contributed by atoms with van der Waals surface area (Å²) in [5.41, 5.74) is 7.37. The molecule has 0 unspecified atom stereocenters. The quantitative estimate of drug-likeness (QED) is 0.798. The molecule has 2 atom stereocenters. The van der Waals surface area contributed by atoms with Crippen molar-refractivity contribution in [2.24, 2.45) is 5.73 Å². The number of nitrogens with two attached hydrogens (primary N) is 1. The van der Waals surface area contributed by atoms with E-state index in [0.717, 1.165) is 16.2 Å². The summed E-state index contributed by atoms with van der Waals surface area (Å²) in [6.07, 6.45) is -4.38. The summed E-state index contributed by atoms with van der Waals surface area (Å²) in [7, 11) is 0. The van der Waals surface area contributed by atoms with E-state index in [9.17, 15) is 18.0 Å². The van der Waals surface area contributed by atoms with Crippen molar-refractivity contribution in [2.45, 2.75) is 24.1 Å². The average Bonchev–Trinajstić information content (AvgIpc) is 2.80. The number of nitrogens with one attached hydrogen (secondary N) is 1. The molecular weight excluding hydrogens is 343 g/mol. The van der Waals surface area contributed by atoms with Crippen LogP contribution in [0, 0.1) is 0 Å². The van der Waals surface area contributed by atoms with E-state index in [1.165, 1.54) is 0 Å². The van der Waals surface area contributed by atoms with E-state index in [4.69, 9.17) is 17.3 Å². The third kappa shape index (κ3) is 2.46. The molecule has 0 aliphatic carbocycles. The highest BCUT2D eigenvalue weighted by molar-refractivity contribution is 6.30. The van der Waals surface area contributed by atoms with Crippen molar-refractivity contribution in [3.05, 3.63) is 40.9 Å². The molecule has 1 aromatic rings. The minimum Gasteiger partial charge on any atom is -0.379 e. The highest BCUT2D eigenvalue weighted by Crippen LogP contribution is 2.51. The molecule has 0 bridgehead atoms. The number of fused-ring (bicyclic) bond motifs is 3. The number of likely N-dealkylation sites (tertiary alicyclic amines) is 1. The van der Waals surface area contributed by atoms with Crippen LogP contribution >= 0.6 is 11.6 Å². The van der Waals surface area contributed by atoms with Crippen molar-refractivity contribution < 1.29 is 18.0 Å². The van der Waals surface area contributed by atoms with Crippen molar-refractivity contribution in [1.29, 1.82) is 0 Å². The highest BCUT2D eigenvalue weighted by atomic mass is 35.5. The highest BCUT2D eigenvalue weighted by Gasteiger charge is 2.54. The van der Waals surface area contributed by atoms with Crippen LogP contribution in [0.25, 0.3) is 0 Å². The number of hydrogen-bond donors (Lipinski definition) is 2. The van der Waals surface area contributed by atoms with Gasteiger partial charge in [0.25, 0.3) is 0 Å². The monoisotopic (exact) mass is 359 g/mol. The first kappa shape index (κ1) is 17.1. The van der Waals surface area contributed by atoms with Crippen LogP contribution in [0.5, 0.6) is 0 Å². The first-order chi connectivity index (χ1) is 11.2. The lowest BCUT2D eigenvalue weighted by molar-refractivity contribution is -0.186. The van der Waals surface area contributed by atoms with Gasteiger partial charge in [-0.2, -0.15) is 13.2 Å². The molecule has 130 valence electrons. The second-order valence-electron chi connectivity index (χ2n) is 6.18. The zero-order chi connectivity index (χ0) is 17.7. The molecule has 1 amide bonds. The molecule has 8 heteroatoms. The Morgan fingerprint density at radius 1 is 1.50 bits per heavy atom. The SMILES string of the molecule is C=C1CN(C(=O)C(F)(F)F)C[C@@H]2Nc3ccc(Cl)cc3[C@]12CCN. The van der Waals surface area contributed by atoms with Gasteiger partial charge in [0.05, 0.1) is 6.04 Å². The van der Waals surface area contributed by atoms with Crippen LogP contribution in [-0.2, 0) is 10.2 Å². The van der Waals surface area contributed by atoms with Gasteiger partial charge in [-0.3, -0.25) is 4.79 Å². The van der Waals surface area contributed by atoms with Crippen LogP contribution in [0.1, 0.15) is 12.0 Å². The van der Waals surface area contributed by atoms with Gasteiger partial charge in [0, 0.05) is 29.2 Å². The Labute approximate surface area is 142 Å². The van der Waals surface area contributed by atoms with E-state index >= 15 is 0 Å². The van der Waals surface area contributed by atoms with Crippen molar-refractivity contribution in [3.63, 3.8) is 0 Å². The number of carbonyl (C=O) groups is 1. The third-order valence-corrected chi connectivity index (χ3v) is 5.11. The summed E-state index contributed by atoms with van der Waals surface area (Å²) in [5, 5.41) is 3.76. The molecule has 0 spiro atoms. The number of piperidine rings is 1. The molecule has 3 rings (SSSR count). The maximum atomic E-state index is 12.8. The Morgan fingerprint density at radius 2 is 2.21 bits per heavy atom. The van der Waals surface area contributed by atoms with Gasteiger partial charge in [-0.1, -0.05) is 18.2 Å². The fourth-order valence-corrected chi connectivity index (χ4v) is 4.02. The summed E-state index contributed by atoms with van der Waals surface area (Å²) >= 11 is 6.10. The van der Waals surface area contributed by atoms with E-state index in [-0.39, 0.29) is 13.1 Å². The normalized spacial score (nSPS) is 26.0. The van der Waals surface area contributed by atoms with Crippen molar-refractivity contribution in [1.82, 2.24) is 4.90 Å². The second kappa shape index (κ2) is 5.67. The lowest BCUT2D eigenvalue weighted by Gasteiger charge is -2.46. The Morgan fingerprint density at radius 3 is 2.83 bits per heavy atom. The molecule has 4 nitrogen and oxygen atoms in total. The lowest BCUT2D eigenvalue weighted by Crippen LogP contribution is -2.58. The van der Waals surface area contributed by atoms with Crippen LogP contribution in [0.3, 0.4) is 0 Å². The summed E-state index contributed by atoms with van der Waals surface area (Å²) in [6, 6.07) is 4.88. The first-order valence-electron chi connectivity index (χ1n) is 7.51. The number of anilines is 1. The second-order valence-corrected chi connectivity index (χ2v) is 6.62. The zero-order valence-electron chi connectivity index (χ0n) is 12.8. The third-order valence-electron chi connectivity index (χ3n) is 4.87. The number of halogens is 4. The van der Waals surface area contributed by atoms with Crippen molar-refractivity contribution in [2.75, 3.05) is 25.0 Å². The molecule has 1 fully saturated rings. The summed E-state index contributed by atoms with van der Waals surface area (Å²) in [4.78, 5) is 12.4. The lowest BCUT2D eigenvalue weighted by atomic mass is 9.66. The molecule has 1 saturated heterocycles. The van der Waals surface area contributed by atoms with Gasteiger partial charge in [0.2, 0.25) is 0 Å². The van der Waals surface area contributed by atoms with Crippen LogP contribution in [0.15, 0.2) is 30.4 Å². The smallest absolute Gasteiger partial charge is 0.379 e. The molecule has 0 aromatic heterocycles. The van der Waals surface area contributed by atoms with Gasteiger partial charge >= 0.3 is 12.1 Å². The summed E-state index contributed by atoms with van der Waals surface area (Å²) < 4.78 is 38.4. The molecule has 2 heterocycles.